The Morgan fingerprint density at radius 3 is 2.38 bits per heavy atom. The molecule has 1 aromatic carbocycles. The number of carbonyl (C=O) groups excluding carboxylic acids is 3. The van der Waals surface area contributed by atoms with E-state index in [4.69, 9.17) is 10.5 Å². The monoisotopic (exact) mass is 293 g/mol. The van der Waals surface area contributed by atoms with Gasteiger partial charge < -0.3 is 21.1 Å². The predicted octanol–water partition coefficient (Wildman–Crippen LogP) is 0.538. The van der Waals surface area contributed by atoms with Gasteiger partial charge >= 0.3 is 12.0 Å². The Morgan fingerprint density at radius 2 is 1.81 bits per heavy atom. The molecule has 0 radical (unpaired) electrons. The maximum Gasteiger partial charge on any atom is 0.312 e. The van der Waals surface area contributed by atoms with E-state index < -0.39 is 6.03 Å². The number of nitrogens with one attached hydrogen (secondary N) is 2. The molecule has 0 atom stereocenters. The van der Waals surface area contributed by atoms with Crippen LogP contribution in [0.4, 0.5) is 4.79 Å². The first-order chi connectivity index (χ1) is 10.0. The van der Waals surface area contributed by atoms with Crippen molar-refractivity contribution in [1.29, 1.82) is 0 Å². The van der Waals surface area contributed by atoms with Gasteiger partial charge in [-0.05, 0) is 24.6 Å². The van der Waals surface area contributed by atoms with Gasteiger partial charge in [-0.3, -0.25) is 9.59 Å². The fraction of sp³-hybridized carbons (Fsp3) is 0.357. The van der Waals surface area contributed by atoms with Crippen LogP contribution in [0.3, 0.4) is 0 Å². The molecule has 114 valence electrons. The van der Waals surface area contributed by atoms with E-state index in [1.807, 2.05) is 0 Å². The van der Waals surface area contributed by atoms with Crippen molar-refractivity contribution in [2.75, 3.05) is 13.2 Å². The van der Waals surface area contributed by atoms with Gasteiger partial charge in [0.15, 0.2) is 0 Å². The third kappa shape index (κ3) is 6.42. The lowest BCUT2D eigenvalue weighted by molar-refractivity contribution is -0.142. The van der Waals surface area contributed by atoms with Crippen molar-refractivity contribution in [2.24, 2.45) is 5.73 Å². The molecule has 0 aromatic heterocycles. The Balaban J connectivity index is 2.40. The molecule has 21 heavy (non-hydrogen) atoms. The molecular formula is C14H19N3O4. The number of hydrogen-bond acceptors (Lipinski definition) is 4. The van der Waals surface area contributed by atoms with E-state index in [-0.39, 0.29) is 24.8 Å². The number of carbonyl (C=O) groups is 3. The van der Waals surface area contributed by atoms with Crippen LogP contribution < -0.4 is 16.4 Å². The van der Waals surface area contributed by atoms with E-state index in [1.54, 1.807) is 31.2 Å². The normalized spacial score (nSPS) is 9.76. The van der Waals surface area contributed by atoms with Gasteiger partial charge in [-0.25, -0.2) is 4.79 Å². The average Bonchev–Trinajstić information content (AvgIpc) is 2.45. The Bertz CT molecular complexity index is 499. The second kappa shape index (κ2) is 8.57. The maximum absolute atomic E-state index is 11.8. The van der Waals surface area contributed by atoms with Crippen LogP contribution in [-0.4, -0.2) is 31.1 Å². The Kier molecular flexibility index (Phi) is 6.73. The molecule has 0 aliphatic carbocycles. The number of esters is 1. The lowest BCUT2D eigenvalue weighted by Crippen LogP contribution is -2.28. The topological polar surface area (TPSA) is 111 Å². The molecule has 0 unspecified atom stereocenters. The van der Waals surface area contributed by atoms with Gasteiger partial charge in [-0.15, -0.1) is 0 Å². The highest BCUT2D eigenvalue weighted by Crippen LogP contribution is 2.04. The van der Waals surface area contributed by atoms with Crippen LogP contribution in [0.1, 0.15) is 29.3 Å². The zero-order valence-electron chi connectivity index (χ0n) is 11.8. The first-order valence-electron chi connectivity index (χ1n) is 6.59. The molecule has 0 saturated carbocycles. The summed E-state index contributed by atoms with van der Waals surface area (Å²) in [6, 6.07) is 6.11. The zero-order chi connectivity index (χ0) is 15.7. The SMILES string of the molecule is CCOC(=O)CCNC(=O)c1ccc(CNC(N)=O)cc1. The van der Waals surface area contributed by atoms with Crippen molar-refractivity contribution in [1.82, 2.24) is 10.6 Å². The molecule has 3 amide bonds. The number of ether oxygens (including phenoxy) is 1. The third-order valence-corrected chi connectivity index (χ3v) is 2.60. The maximum atomic E-state index is 11.8. The molecule has 1 rings (SSSR count). The Hall–Kier alpha value is -2.57. The molecular weight excluding hydrogens is 274 g/mol. The molecule has 0 aliphatic rings. The highest BCUT2D eigenvalue weighted by atomic mass is 16.5. The highest BCUT2D eigenvalue weighted by molar-refractivity contribution is 5.94. The Labute approximate surface area is 122 Å². The second-order valence-electron chi connectivity index (χ2n) is 4.23. The smallest absolute Gasteiger partial charge is 0.312 e. The standard InChI is InChI=1S/C14H19N3O4/c1-2-21-12(18)7-8-16-13(19)11-5-3-10(4-6-11)9-17-14(15)20/h3-6H,2,7-9H2,1H3,(H,16,19)(H3,15,17,20). The quantitative estimate of drug-likeness (QED) is 0.637. The molecule has 7 nitrogen and oxygen atoms in total. The van der Waals surface area contributed by atoms with Gasteiger partial charge in [0.2, 0.25) is 0 Å². The molecule has 0 heterocycles. The summed E-state index contributed by atoms with van der Waals surface area (Å²) in [5.41, 5.74) is 6.27. The number of rotatable bonds is 7. The Morgan fingerprint density at radius 1 is 1.14 bits per heavy atom. The van der Waals surface area contributed by atoms with Crippen LogP contribution in [0.15, 0.2) is 24.3 Å². The van der Waals surface area contributed by atoms with E-state index in [0.29, 0.717) is 18.7 Å². The number of hydrogen-bond donors (Lipinski definition) is 3. The summed E-state index contributed by atoms with van der Waals surface area (Å²) in [5, 5.41) is 5.08. The summed E-state index contributed by atoms with van der Waals surface area (Å²) >= 11 is 0. The van der Waals surface area contributed by atoms with Crippen LogP contribution in [0.25, 0.3) is 0 Å². The van der Waals surface area contributed by atoms with E-state index in [2.05, 4.69) is 10.6 Å². The molecule has 0 fully saturated rings. The van der Waals surface area contributed by atoms with Crippen molar-refractivity contribution in [3.63, 3.8) is 0 Å². The van der Waals surface area contributed by atoms with E-state index in [9.17, 15) is 14.4 Å². The molecule has 1 aromatic rings. The minimum atomic E-state index is -0.601. The number of benzene rings is 1. The summed E-state index contributed by atoms with van der Waals surface area (Å²) in [4.78, 5) is 33.5. The van der Waals surface area contributed by atoms with Crippen LogP contribution in [0, 0.1) is 0 Å². The van der Waals surface area contributed by atoms with Crippen molar-refractivity contribution >= 4 is 17.9 Å². The molecule has 0 spiro atoms. The summed E-state index contributed by atoms with van der Waals surface area (Å²) in [6.07, 6.45) is 0.139. The largest absolute Gasteiger partial charge is 0.466 e. The third-order valence-electron chi connectivity index (χ3n) is 2.60. The van der Waals surface area contributed by atoms with Gasteiger partial charge in [0.05, 0.1) is 13.0 Å². The molecule has 0 bridgehead atoms. The fourth-order valence-corrected chi connectivity index (χ4v) is 1.58. The fourth-order valence-electron chi connectivity index (χ4n) is 1.58. The van der Waals surface area contributed by atoms with Crippen molar-refractivity contribution < 1.29 is 19.1 Å². The van der Waals surface area contributed by atoms with Crippen LogP contribution >= 0.6 is 0 Å². The van der Waals surface area contributed by atoms with Crippen molar-refractivity contribution in [2.45, 2.75) is 19.9 Å². The molecule has 0 aliphatic heterocycles. The summed E-state index contributed by atoms with van der Waals surface area (Å²) in [7, 11) is 0. The summed E-state index contributed by atoms with van der Waals surface area (Å²) in [6.45, 7) is 2.58. The van der Waals surface area contributed by atoms with E-state index in [1.165, 1.54) is 0 Å². The van der Waals surface area contributed by atoms with Crippen molar-refractivity contribution in [3.05, 3.63) is 35.4 Å². The minimum Gasteiger partial charge on any atom is -0.466 e. The lowest BCUT2D eigenvalue weighted by Gasteiger charge is -2.06. The van der Waals surface area contributed by atoms with Crippen LogP contribution in [-0.2, 0) is 16.1 Å². The van der Waals surface area contributed by atoms with Gasteiger partial charge in [0.25, 0.3) is 5.91 Å². The first kappa shape index (κ1) is 16.5. The summed E-state index contributed by atoms with van der Waals surface area (Å²) in [5.74, 6) is -0.612. The number of primary amides is 1. The zero-order valence-corrected chi connectivity index (χ0v) is 11.8. The van der Waals surface area contributed by atoms with Crippen molar-refractivity contribution in [3.8, 4) is 0 Å². The molecule has 0 saturated heterocycles. The average molecular weight is 293 g/mol. The number of nitrogens with two attached hydrogens (primary N) is 1. The first-order valence-corrected chi connectivity index (χ1v) is 6.59. The van der Waals surface area contributed by atoms with Gasteiger partial charge in [-0.1, -0.05) is 12.1 Å². The predicted molar refractivity (Wildman–Crippen MR) is 76.4 cm³/mol. The van der Waals surface area contributed by atoms with Gasteiger partial charge in [-0.2, -0.15) is 0 Å². The van der Waals surface area contributed by atoms with E-state index >= 15 is 0 Å². The van der Waals surface area contributed by atoms with Gasteiger partial charge in [0.1, 0.15) is 0 Å². The van der Waals surface area contributed by atoms with Gasteiger partial charge in [0, 0.05) is 18.7 Å². The number of urea groups is 1. The highest BCUT2D eigenvalue weighted by Gasteiger charge is 2.07. The van der Waals surface area contributed by atoms with Crippen LogP contribution in [0.2, 0.25) is 0 Å². The summed E-state index contributed by atoms with van der Waals surface area (Å²) < 4.78 is 4.76. The minimum absolute atomic E-state index is 0.139. The molecule has 7 heteroatoms. The molecule has 4 N–H and O–H groups in total. The van der Waals surface area contributed by atoms with E-state index in [0.717, 1.165) is 5.56 Å². The number of amides is 3. The lowest BCUT2D eigenvalue weighted by atomic mass is 10.1. The van der Waals surface area contributed by atoms with Crippen LogP contribution in [0.5, 0.6) is 0 Å². The second-order valence-corrected chi connectivity index (χ2v) is 4.23.